The first-order chi connectivity index (χ1) is 13.6. The Bertz CT molecular complexity index is 913. The fourth-order valence-electron chi connectivity index (χ4n) is 3.30. The molecular weight excluding hydrogens is 354 g/mol. The van der Waals surface area contributed by atoms with Crippen LogP contribution in [0.5, 0.6) is 0 Å². The maximum atomic E-state index is 12.6. The van der Waals surface area contributed by atoms with Gasteiger partial charge >= 0.3 is 0 Å². The van der Waals surface area contributed by atoms with E-state index < -0.39 is 0 Å². The van der Waals surface area contributed by atoms with E-state index in [0.717, 1.165) is 48.0 Å². The van der Waals surface area contributed by atoms with E-state index in [4.69, 9.17) is 8.94 Å². The normalized spacial score (nSPS) is 11.2. The van der Waals surface area contributed by atoms with Gasteiger partial charge in [0.05, 0.1) is 0 Å². The Balaban J connectivity index is 1.61. The van der Waals surface area contributed by atoms with Gasteiger partial charge in [-0.1, -0.05) is 43.6 Å². The second-order valence-electron chi connectivity index (χ2n) is 7.16. The molecule has 0 unspecified atom stereocenters. The minimum absolute atomic E-state index is 0.113. The van der Waals surface area contributed by atoms with E-state index >= 15 is 0 Å². The summed E-state index contributed by atoms with van der Waals surface area (Å²) in [5.74, 6) is 2.43. The molecule has 0 saturated carbocycles. The number of carbonyl (C=O) groups is 1. The van der Waals surface area contributed by atoms with Gasteiger partial charge in [-0.15, -0.1) is 0 Å². The molecule has 0 aliphatic rings. The molecule has 150 valence electrons. The van der Waals surface area contributed by atoms with Crippen LogP contribution in [0, 0.1) is 0 Å². The average molecular weight is 383 g/mol. The standard InChI is InChI=1S/C22H29N3O3/c1-4-6-11-19-17(16-10-7-8-12-18(16)27-19)15-25(3)22(26)14-9-13-21-23-20(5-2)24-28-21/h7-8,10,12H,4-6,9,11,13-15H2,1-3H3. The lowest BCUT2D eigenvalue weighted by molar-refractivity contribution is -0.130. The molecule has 0 aliphatic carbocycles. The summed E-state index contributed by atoms with van der Waals surface area (Å²) < 4.78 is 11.3. The van der Waals surface area contributed by atoms with Crippen molar-refractivity contribution in [1.29, 1.82) is 0 Å². The molecule has 0 aliphatic heterocycles. The van der Waals surface area contributed by atoms with E-state index in [1.807, 2.05) is 32.2 Å². The van der Waals surface area contributed by atoms with E-state index in [-0.39, 0.29) is 5.91 Å². The summed E-state index contributed by atoms with van der Waals surface area (Å²) in [7, 11) is 1.86. The quantitative estimate of drug-likeness (QED) is 0.507. The first-order valence-corrected chi connectivity index (χ1v) is 10.2. The van der Waals surface area contributed by atoms with Gasteiger partial charge in [-0.2, -0.15) is 4.98 Å². The van der Waals surface area contributed by atoms with E-state index in [1.54, 1.807) is 4.90 Å². The lowest BCUT2D eigenvalue weighted by Gasteiger charge is -2.17. The van der Waals surface area contributed by atoms with Crippen LogP contribution in [0.3, 0.4) is 0 Å². The first-order valence-electron chi connectivity index (χ1n) is 10.2. The molecule has 3 aromatic rings. The first kappa shape index (κ1) is 20.1. The summed E-state index contributed by atoms with van der Waals surface area (Å²) in [5, 5.41) is 4.99. The number of furan rings is 1. The molecular formula is C22H29N3O3. The second kappa shape index (κ2) is 9.53. The zero-order valence-electron chi connectivity index (χ0n) is 17.0. The van der Waals surface area contributed by atoms with Crippen molar-refractivity contribution in [2.45, 2.75) is 65.3 Å². The Kier molecular flexibility index (Phi) is 6.85. The van der Waals surface area contributed by atoms with Crippen molar-refractivity contribution < 1.29 is 13.7 Å². The molecule has 0 N–H and O–H groups in total. The summed E-state index contributed by atoms with van der Waals surface area (Å²) >= 11 is 0. The lowest BCUT2D eigenvalue weighted by atomic mass is 10.1. The Morgan fingerprint density at radius 1 is 1.14 bits per heavy atom. The van der Waals surface area contributed by atoms with Gasteiger partial charge in [-0.3, -0.25) is 4.79 Å². The van der Waals surface area contributed by atoms with Gasteiger partial charge in [0, 0.05) is 50.2 Å². The van der Waals surface area contributed by atoms with Gasteiger partial charge in [-0.25, -0.2) is 0 Å². The number of hydrogen-bond donors (Lipinski definition) is 0. The van der Waals surface area contributed by atoms with Crippen molar-refractivity contribution in [2.24, 2.45) is 0 Å². The molecule has 28 heavy (non-hydrogen) atoms. The molecule has 1 amide bonds. The fraction of sp³-hybridized carbons (Fsp3) is 0.500. The summed E-state index contributed by atoms with van der Waals surface area (Å²) in [5.41, 5.74) is 2.02. The van der Waals surface area contributed by atoms with Crippen LogP contribution in [0.4, 0.5) is 0 Å². The Labute approximate surface area is 165 Å². The van der Waals surface area contributed by atoms with Crippen molar-refractivity contribution in [3.8, 4) is 0 Å². The number of aryl methyl sites for hydroxylation is 3. The molecule has 0 radical (unpaired) electrons. The van der Waals surface area contributed by atoms with Crippen molar-refractivity contribution in [1.82, 2.24) is 15.0 Å². The smallest absolute Gasteiger partial charge is 0.226 e. The molecule has 0 saturated heterocycles. The zero-order valence-corrected chi connectivity index (χ0v) is 17.0. The third-order valence-electron chi connectivity index (χ3n) is 4.97. The Morgan fingerprint density at radius 3 is 2.71 bits per heavy atom. The minimum Gasteiger partial charge on any atom is -0.461 e. The van der Waals surface area contributed by atoms with Crippen molar-refractivity contribution in [3.63, 3.8) is 0 Å². The Hall–Kier alpha value is -2.63. The van der Waals surface area contributed by atoms with Crippen molar-refractivity contribution >= 4 is 16.9 Å². The molecule has 2 heterocycles. The minimum atomic E-state index is 0.113. The van der Waals surface area contributed by atoms with Gasteiger partial charge in [-0.05, 0) is 18.9 Å². The number of para-hydroxylation sites is 1. The fourth-order valence-corrected chi connectivity index (χ4v) is 3.30. The highest BCUT2D eigenvalue weighted by Crippen LogP contribution is 2.28. The van der Waals surface area contributed by atoms with E-state index in [9.17, 15) is 4.79 Å². The molecule has 6 heteroatoms. The molecule has 0 atom stereocenters. The highest BCUT2D eigenvalue weighted by Gasteiger charge is 2.18. The summed E-state index contributed by atoms with van der Waals surface area (Å²) in [4.78, 5) is 18.7. The largest absolute Gasteiger partial charge is 0.461 e. The van der Waals surface area contributed by atoms with Crippen LogP contribution in [0.15, 0.2) is 33.2 Å². The average Bonchev–Trinajstić information content (AvgIpc) is 3.31. The summed E-state index contributed by atoms with van der Waals surface area (Å²) in [6, 6.07) is 8.06. The zero-order chi connectivity index (χ0) is 19.9. The molecule has 0 fully saturated rings. The number of amides is 1. The van der Waals surface area contributed by atoms with Crippen LogP contribution in [0.1, 0.15) is 62.6 Å². The van der Waals surface area contributed by atoms with Gasteiger partial charge in [0.2, 0.25) is 11.8 Å². The molecule has 0 bridgehead atoms. The van der Waals surface area contributed by atoms with Crippen molar-refractivity contribution in [2.75, 3.05) is 7.05 Å². The Morgan fingerprint density at radius 2 is 1.96 bits per heavy atom. The highest BCUT2D eigenvalue weighted by atomic mass is 16.5. The van der Waals surface area contributed by atoms with E-state index in [2.05, 4.69) is 23.1 Å². The molecule has 3 rings (SSSR count). The van der Waals surface area contributed by atoms with Gasteiger partial charge < -0.3 is 13.8 Å². The summed E-state index contributed by atoms with van der Waals surface area (Å²) in [6.07, 6.45) is 5.63. The van der Waals surface area contributed by atoms with E-state index in [1.165, 1.54) is 0 Å². The molecule has 1 aromatic carbocycles. The van der Waals surface area contributed by atoms with Crippen molar-refractivity contribution in [3.05, 3.63) is 47.3 Å². The number of benzene rings is 1. The predicted molar refractivity (Wildman–Crippen MR) is 108 cm³/mol. The van der Waals surface area contributed by atoms with Crippen LogP contribution in [-0.2, 0) is 30.6 Å². The monoisotopic (exact) mass is 383 g/mol. The number of carbonyl (C=O) groups excluding carboxylic acids is 1. The van der Waals surface area contributed by atoms with Crippen LogP contribution in [0.25, 0.3) is 11.0 Å². The van der Waals surface area contributed by atoms with Gasteiger partial charge in [0.1, 0.15) is 11.3 Å². The number of fused-ring (bicyclic) bond motifs is 1. The summed E-state index contributed by atoms with van der Waals surface area (Å²) in [6.45, 7) is 4.72. The highest BCUT2D eigenvalue weighted by molar-refractivity contribution is 5.83. The van der Waals surface area contributed by atoms with Gasteiger partial charge in [0.15, 0.2) is 5.82 Å². The number of unbranched alkanes of at least 4 members (excludes halogenated alkanes) is 1. The molecule has 6 nitrogen and oxygen atoms in total. The SMILES string of the molecule is CCCCc1oc2ccccc2c1CN(C)C(=O)CCCc1nc(CC)no1. The number of aromatic nitrogens is 2. The van der Waals surface area contributed by atoms with E-state index in [0.29, 0.717) is 37.5 Å². The number of rotatable bonds is 10. The maximum absolute atomic E-state index is 12.6. The number of hydrogen-bond acceptors (Lipinski definition) is 5. The van der Waals surface area contributed by atoms with Gasteiger partial charge in [0.25, 0.3) is 0 Å². The second-order valence-corrected chi connectivity index (χ2v) is 7.16. The molecule has 0 spiro atoms. The third-order valence-corrected chi connectivity index (χ3v) is 4.97. The third kappa shape index (κ3) is 4.80. The van der Waals surface area contributed by atoms with Crippen LogP contribution in [-0.4, -0.2) is 28.0 Å². The van der Waals surface area contributed by atoms with Crippen LogP contribution in [0.2, 0.25) is 0 Å². The maximum Gasteiger partial charge on any atom is 0.226 e. The molecule has 2 aromatic heterocycles. The van der Waals surface area contributed by atoms with Crippen LogP contribution >= 0.6 is 0 Å². The topological polar surface area (TPSA) is 72.4 Å². The van der Waals surface area contributed by atoms with Crippen LogP contribution < -0.4 is 0 Å². The number of nitrogens with zero attached hydrogens (tertiary/aromatic N) is 3. The lowest BCUT2D eigenvalue weighted by Crippen LogP contribution is -2.26. The predicted octanol–water partition coefficient (Wildman–Crippen LogP) is 4.70.